The van der Waals surface area contributed by atoms with Crippen molar-refractivity contribution in [2.45, 2.75) is 31.7 Å². The van der Waals surface area contributed by atoms with Crippen molar-refractivity contribution < 1.29 is 34.0 Å². The van der Waals surface area contributed by atoms with Crippen LogP contribution in [0.15, 0.2) is 24.4 Å². The number of fused-ring (bicyclic) bond motifs is 1. The number of carboxylic acid groups (broad SMARTS) is 1. The number of nitrogens with two attached hydrogens (primary N) is 1. The lowest BCUT2D eigenvalue weighted by Crippen LogP contribution is -2.36. The molecule has 1 aliphatic rings. The number of Topliss-reactive ketones (excluding diaryl/α,β-unsaturated/α-hetero) is 1. The number of aromatic nitrogens is 3. The number of benzene rings is 1. The van der Waals surface area contributed by atoms with Crippen molar-refractivity contribution in [1.29, 1.82) is 0 Å². The molecule has 1 aromatic carbocycles. The minimum absolute atomic E-state index is 0.0116. The minimum Gasteiger partial charge on any atom is -0.535 e. The van der Waals surface area contributed by atoms with Crippen LogP contribution < -0.4 is 15.9 Å². The van der Waals surface area contributed by atoms with E-state index in [9.17, 15) is 24.5 Å². The fraction of sp³-hybridized carbons (Fsp3) is 0.353. The van der Waals surface area contributed by atoms with Crippen LogP contribution in [0.25, 0.3) is 0 Å². The first kappa shape index (κ1) is 21.4. The number of carbonyl (C=O) groups excluding carboxylic acids is 2. The number of nitrogens with one attached hydrogen (secondary N) is 1. The summed E-state index contributed by atoms with van der Waals surface area (Å²) in [5, 5.41) is 29.7. The Balaban J connectivity index is 1.56. The normalized spacial score (nSPS) is 15.3. The Morgan fingerprint density at radius 2 is 2.20 bits per heavy atom. The lowest BCUT2D eigenvalue weighted by molar-refractivity contribution is -0.126. The van der Waals surface area contributed by atoms with E-state index in [2.05, 4.69) is 20.5 Å². The molecule has 30 heavy (non-hydrogen) atoms. The monoisotopic (exact) mass is 417 g/mol. The summed E-state index contributed by atoms with van der Waals surface area (Å²) in [4.78, 5) is 39.2. The molecule has 12 nitrogen and oxygen atoms in total. The number of rotatable bonds is 9. The fourth-order valence-corrected chi connectivity index (χ4v) is 3.18. The van der Waals surface area contributed by atoms with Crippen LogP contribution >= 0.6 is 0 Å². The molecule has 13 heteroatoms. The summed E-state index contributed by atoms with van der Waals surface area (Å²) < 4.78 is 6.72. The molecule has 2 heterocycles. The summed E-state index contributed by atoms with van der Waals surface area (Å²) in [5.74, 6) is 2.64. The van der Waals surface area contributed by atoms with Crippen LogP contribution in [0.5, 0.6) is 5.75 Å². The Bertz CT molecular complexity index is 950. The van der Waals surface area contributed by atoms with Crippen molar-refractivity contribution in [1.82, 2.24) is 20.3 Å². The van der Waals surface area contributed by atoms with Gasteiger partial charge in [0.25, 0.3) is 0 Å². The third kappa shape index (κ3) is 5.20. The Morgan fingerprint density at radius 3 is 2.93 bits per heavy atom. The predicted octanol–water partition coefficient (Wildman–Crippen LogP) is -1.07. The van der Waals surface area contributed by atoms with Crippen LogP contribution in [0.3, 0.4) is 0 Å². The SMILES string of the molecule is NOCC(=O)NCc1cn(CC(=O)C[C@H]2Cc3cccc(C(=O)O)c3OB2O)nn1. The van der Waals surface area contributed by atoms with E-state index < -0.39 is 24.8 Å². The fourth-order valence-electron chi connectivity index (χ4n) is 3.18. The minimum atomic E-state index is -1.30. The van der Waals surface area contributed by atoms with Gasteiger partial charge in [-0.2, -0.15) is 0 Å². The van der Waals surface area contributed by atoms with Gasteiger partial charge in [-0.05, 0) is 18.1 Å². The largest absolute Gasteiger partial charge is 0.535 e. The smallest absolute Gasteiger partial charge is 0.526 e. The lowest BCUT2D eigenvalue weighted by atomic mass is 9.64. The summed E-state index contributed by atoms with van der Waals surface area (Å²) in [7, 11) is -1.30. The highest BCUT2D eigenvalue weighted by Crippen LogP contribution is 2.36. The molecule has 0 spiro atoms. The van der Waals surface area contributed by atoms with Crippen molar-refractivity contribution in [2.24, 2.45) is 5.90 Å². The number of hydrogen-bond acceptors (Lipinski definition) is 9. The zero-order valence-electron chi connectivity index (χ0n) is 15.9. The molecule has 1 aliphatic heterocycles. The van der Waals surface area contributed by atoms with Gasteiger partial charge in [-0.1, -0.05) is 17.3 Å². The van der Waals surface area contributed by atoms with E-state index in [1.807, 2.05) is 0 Å². The summed E-state index contributed by atoms with van der Waals surface area (Å²) in [6, 6.07) is 4.70. The summed E-state index contributed by atoms with van der Waals surface area (Å²) in [6.07, 6.45) is 1.84. The molecule has 5 N–H and O–H groups in total. The Morgan fingerprint density at radius 1 is 1.40 bits per heavy atom. The molecule has 0 saturated carbocycles. The summed E-state index contributed by atoms with van der Waals surface area (Å²) in [6.45, 7) is -0.248. The molecule has 1 amide bonds. The molecular formula is C17H20BN5O7. The molecule has 0 radical (unpaired) electrons. The second-order valence-corrected chi connectivity index (χ2v) is 6.81. The number of carboxylic acids is 1. The second-order valence-electron chi connectivity index (χ2n) is 6.81. The number of amides is 1. The first-order chi connectivity index (χ1) is 14.4. The Kier molecular flexibility index (Phi) is 6.77. The van der Waals surface area contributed by atoms with E-state index in [4.69, 9.17) is 10.6 Å². The van der Waals surface area contributed by atoms with E-state index in [1.54, 1.807) is 12.1 Å². The third-order valence-electron chi connectivity index (χ3n) is 4.55. The van der Waals surface area contributed by atoms with Gasteiger partial charge < -0.3 is 20.1 Å². The van der Waals surface area contributed by atoms with Crippen molar-refractivity contribution in [3.63, 3.8) is 0 Å². The molecule has 0 fully saturated rings. The molecule has 3 rings (SSSR count). The van der Waals surface area contributed by atoms with Crippen LogP contribution in [0.4, 0.5) is 0 Å². The van der Waals surface area contributed by atoms with Crippen LogP contribution in [0.1, 0.15) is 28.0 Å². The van der Waals surface area contributed by atoms with E-state index in [0.717, 1.165) is 0 Å². The number of para-hydroxylation sites is 1. The van der Waals surface area contributed by atoms with Gasteiger partial charge in [0.2, 0.25) is 5.91 Å². The number of hydrogen-bond donors (Lipinski definition) is 4. The maximum absolute atomic E-state index is 12.4. The Hall–Kier alpha value is -3.29. The predicted molar refractivity (Wildman–Crippen MR) is 101 cm³/mol. The molecule has 1 atom stereocenters. The molecule has 0 saturated heterocycles. The molecular weight excluding hydrogens is 397 g/mol. The average Bonchev–Trinajstić information content (AvgIpc) is 3.14. The summed E-state index contributed by atoms with van der Waals surface area (Å²) >= 11 is 0. The van der Waals surface area contributed by atoms with Gasteiger partial charge in [0.1, 0.15) is 24.6 Å². The first-order valence-electron chi connectivity index (χ1n) is 9.06. The van der Waals surface area contributed by atoms with Gasteiger partial charge in [0.15, 0.2) is 5.78 Å². The van der Waals surface area contributed by atoms with E-state index >= 15 is 0 Å². The van der Waals surface area contributed by atoms with Crippen molar-refractivity contribution in [3.05, 3.63) is 41.2 Å². The van der Waals surface area contributed by atoms with E-state index in [-0.39, 0.29) is 43.2 Å². The van der Waals surface area contributed by atoms with Gasteiger partial charge in [-0.15, -0.1) is 5.10 Å². The zero-order chi connectivity index (χ0) is 21.7. The topological polar surface area (TPSA) is 179 Å². The molecule has 158 valence electrons. The standard InChI is InChI=1S/C17H20BN5O7/c19-29-9-15(25)20-6-12-7-23(22-21-12)8-13(24)5-11-4-10-2-1-3-14(17(26)27)16(10)30-18(11)28/h1-3,7,11,28H,4-6,8-9,19H2,(H,20,25)(H,26,27)/t11-/m1/s1. The van der Waals surface area contributed by atoms with Crippen LogP contribution in [-0.4, -0.2) is 56.5 Å². The second kappa shape index (κ2) is 9.48. The maximum Gasteiger partial charge on any atom is 0.526 e. The van der Waals surface area contributed by atoms with Crippen molar-refractivity contribution in [3.8, 4) is 5.75 Å². The summed E-state index contributed by atoms with van der Waals surface area (Å²) in [5.41, 5.74) is 1.04. The van der Waals surface area contributed by atoms with Crippen molar-refractivity contribution >= 4 is 24.8 Å². The Labute approximate surface area is 171 Å². The molecule has 0 bridgehead atoms. The first-order valence-corrected chi connectivity index (χ1v) is 9.06. The van der Waals surface area contributed by atoms with Gasteiger partial charge in [-0.25, -0.2) is 15.4 Å². The van der Waals surface area contributed by atoms with Crippen molar-refractivity contribution in [2.75, 3.05) is 6.61 Å². The number of carbonyl (C=O) groups is 3. The van der Waals surface area contributed by atoms with Crippen LogP contribution in [-0.2, 0) is 33.9 Å². The third-order valence-corrected chi connectivity index (χ3v) is 4.55. The average molecular weight is 417 g/mol. The molecule has 1 aromatic heterocycles. The molecule has 0 aliphatic carbocycles. The van der Waals surface area contributed by atoms with Gasteiger partial charge >= 0.3 is 13.1 Å². The maximum atomic E-state index is 12.4. The van der Waals surface area contributed by atoms with Gasteiger partial charge in [-0.3, -0.25) is 14.4 Å². The highest BCUT2D eigenvalue weighted by Gasteiger charge is 2.37. The highest BCUT2D eigenvalue weighted by atomic mass is 16.6. The van der Waals surface area contributed by atoms with Crippen LogP contribution in [0.2, 0.25) is 5.82 Å². The van der Waals surface area contributed by atoms with Gasteiger partial charge in [0, 0.05) is 12.2 Å². The lowest BCUT2D eigenvalue weighted by Gasteiger charge is -2.27. The van der Waals surface area contributed by atoms with Gasteiger partial charge in [0.05, 0.1) is 18.3 Å². The van der Waals surface area contributed by atoms with E-state index in [0.29, 0.717) is 17.7 Å². The number of ketones is 1. The zero-order valence-corrected chi connectivity index (χ0v) is 15.9. The quantitative estimate of drug-likeness (QED) is 0.290. The number of aromatic carboxylic acids is 1. The molecule has 2 aromatic rings. The number of nitrogens with zero attached hydrogens (tertiary/aromatic N) is 3. The highest BCUT2D eigenvalue weighted by molar-refractivity contribution is 6.47. The molecule has 0 unspecified atom stereocenters. The van der Waals surface area contributed by atoms with Crippen LogP contribution in [0, 0.1) is 0 Å². The van der Waals surface area contributed by atoms with E-state index in [1.165, 1.54) is 16.9 Å².